The van der Waals surface area contributed by atoms with Crippen molar-refractivity contribution in [1.29, 1.82) is 0 Å². The molecule has 0 saturated heterocycles. The molecule has 6 rings (SSSR count). The summed E-state index contributed by atoms with van der Waals surface area (Å²) < 4.78 is 3.34. The molecular formula is C41H46Zr-4. The van der Waals surface area contributed by atoms with Crippen LogP contribution in [0.3, 0.4) is 0 Å². The maximum Gasteiger partial charge on any atom is -0.171 e. The largest absolute Gasteiger partial charge is 0.184 e. The monoisotopic (exact) mass is 628 g/mol. The molecule has 0 atom stereocenters. The van der Waals surface area contributed by atoms with Crippen molar-refractivity contribution in [3.63, 3.8) is 0 Å². The van der Waals surface area contributed by atoms with Gasteiger partial charge in [-0.2, -0.15) is 108 Å². The molecule has 4 aromatic rings. The predicted octanol–water partition coefficient (Wildman–Crippen LogP) is 10.5. The van der Waals surface area contributed by atoms with Crippen LogP contribution in [0.25, 0.3) is 11.1 Å². The van der Waals surface area contributed by atoms with Crippen molar-refractivity contribution >= 4 is 4.21 Å². The molecule has 0 unspecified atom stereocenters. The summed E-state index contributed by atoms with van der Waals surface area (Å²) in [6.45, 7) is 15.8. The first-order chi connectivity index (χ1) is 20.1. The van der Waals surface area contributed by atoms with E-state index in [4.69, 9.17) is 0 Å². The number of hydrogen-bond acceptors (Lipinski definition) is 0. The van der Waals surface area contributed by atoms with Crippen molar-refractivity contribution in [2.45, 2.75) is 78.6 Å². The van der Waals surface area contributed by atoms with Crippen LogP contribution in [-0.2, 0) is 47.9 Å². The van der Waals surface area contributed by atoms with Crippen molar-refractivity contribution in [3.05, 3.63) is 155 Å². The first-order valence-electron chi connectivity index (χ1n) is 14.7. The normalized spacial score (nSPS) is 12.0. The Balaban J connectivity index is 0.000000238. The summed E-state index contributed by atoms with van der Waals surface area (Å²) in [6, 6.07) is 38.6. The minimum atomic E-state index is 0.177. The SMILES string of the molecule is CC(C)(C)c1c[c-]c2c(c1)-c1cc(C(C)(C)C)ccc1C2.CCc1cc[c-]cc1.[C-]1=CC=CC1.[CH2]=[Zr].[c-]1ccccc1. The number of allylic oxidation sites excluding steroid dienone is 4. The van der Waals surface area contributed by atoms with Gasteiger partial charge in [0.25, 0.3) is 0 Å². The zero-order valence-corrected chi connectivity index (χ0v) is 29.1. The van der Waals surface area contributed by atoms with E-state index in [1.54, 1.807) is 0 Å². The average Bonchev–Trinajstić information content (AvgIpc) is 3.71. The molecule has 0 aromatic heterocycles. The Morgan fingerprint density at radius 3 is 1.81 bits per heavy atom. The molecular weight excluding hydrogens is 584 g/mol. The average molecular weight is 630 g/mol. The summed E-state index contributed by atoms with van der Waals surface area (Å²) in [5.41, 5.74) is 10.1. The van der Waals surface area contributed by atoms with Gasteiger partial charge in [0.05, 0.1) is 0 Å². The molecule has 0 radical (unpaired) electrons. The minimum Gasteiger partial charge on any atom is -0.184 e. The molecule has 0 heterocycles. The molecule has 4 aromatic carbocycles. The fraction of sp³-hybridized carbons (Fsp3) is 0.293. The molecule has 42 heavy (non-hydrogen) atoms. The Labute approximate surface area is 272 Å². The van der Waals surface area contributed by atoms with Gasteiger partial charge in [0, 0.05) is 0 Å². The molecule has 0 aliphatic heterocycles. The van der Waals surface area contributed by atoms with Gasteiger partial charge in [0.15, 0.2) is 0 Å². The van der Waals surface area contributed by atoms with E-state index in [0.717, 1.165) is 19.3 Å². The van der Waals surface area contributed by atoms with Gasteiger partial charge in [-0.05, 0) is 17.4 Å². The minimum absolute atomic E-state index is 0.177. The van der Waals surface area contributed by atoms with Crippen LogP contribution in [-0.4, -0.2) is 4.21 Å². The first kappa shape index (κ1) is 35.3. The van der Waals surface area contributed by atoms with Gasteiger partial charge in [0.2, 0.25) is 0 Å². The second-order valence-electron chi connectivity index (χ2n) is 12.2. The molecule has 0 bridgehead atoms. The molecule has 218 valence electrons. The quantitative estimate of drug-likeness (QED) is 0.162. The second-order valence-corrected chi connectivity index (χ2v) is 12.2. The van der Waals surface area contributed by atoms with Crippen LogP contribution >= 0.6 is 0 Å². The van der Waals surface area contributed by atoms with Gasteiger partial charge in [-0.3, -0.25) is 6.08 Å². The second kappa shape index (κ2) is 17.9. The van der Waals surface area contributed by atoms with E-state index in [-0.39, 0.29) is 10.8 Å². The van der Waals surface area contributed by atoms with E-state index in [1.165, 1.54) is 63.2 Å². The van der Waals surface area contributed by atoms with Crippen LogP contribution in [0.1, 0.15) is 82.7 Å². The molecule has 2 aliphatic rings. The third-order valence-corrected chi connectivity index (χ3v) is 6.91. The number of aryl methyl sites for hydroxylation is 1. The standard InChI is InChI=1S/C21H25.C8H9.C6H5.C5H5.CH2.Zr/c1-20(2,3)16-9-7-14-11-15-8-10-17(21(4,5)6)13-19(15)18(14)12-16;1-2-8-6-4-3-5-7-8;1-2-4-6-5-3-1;1-2-4-5-3-1;;/h7,9-10,12-13H,11H2,1-6H3;4-7H,2H2,1H3;1-5H;1-3H,4H2;1H2;/q4*-1;;. The van der Waals surface area contributed by atoms with Crippen LogP contribution in [0.15, 0.2) is 103 Å². The summed E-state index contributed by atoms with van der Waals surface area (Å²) in [7, 11) is 0. The fourth-order valence-corrected chi connectivity index (χ4v) is 4.32. The Kier molecular flexibility index (Phi) is 15.1. The van der Waals surface area contributed by atoms with Gasteiger partial charge < -0.3 is 0 Å². The maximum absolute atomic E-state index is 3.53. The van der Waals surface area contributed by atoms with E-state index < -0.39 is 0 Å². The fourth-order valence-electron chi connectivity index (χ4n) is 4.32. The summed E-state index contributed by atoms with van der Waals surface area (Å²) in [5.74, 6) is 0. The van der Waals surface area contributed by atoms with Gasteiger partial charge in [-0.25, -0.2) is 12.2 Å². The van der Waals surface area contributed by atoms with Crippen molar-refractivity contribution < 1.29 is 24.2 Å². The molecule has 0 nitrogen and oxygen atoms in total. The van der Waals surface area contributed by atoms with E-state index in [0.29, 0.717) is 0 Å². The zero-order valence-electron chi connectivity index (χ0n) is 26.6. The smallest absolute Gasteiger partial charge is 0.171 e. The molecule has 2 aliphatic carbocycles. The third-order valence-electron chi connectivity index (χ3n) is 6.91. The topological polar surface area (TPSA) is 0 Å². The predicted molar refractivity (Wildman–Crippen MR) is 180 cm³/mol. The summed E-state index contributed by atoms with van der Waals surface area (Å²) in [4.78, 5) is 0. The Bertz CT molecular complexity index is 1280. The number of fused-ring (bicyclic) bond motifs is 3. The number of hydrogen-bond donors (Lipinski definition) is 0. The molecule has 0 N–H and O–H groups in total. The van der Waals surface area contributed by atoms with Gasteiger partial charge >= 0.3 is 28.4 Å². The Hall–Kier alpha value is -2.89. The van der Waals surface area contributed by atoms with Crippen LogP contribution < -0.4 is 0 Å². The molecule has 0 amide bonds. The van der Waals surface area contributed by atoms with Crippen LogP contribution in [0.4, 0.5) is 0 Å². The van der Waals surface area contributed by atoms with Crippen LogP contribution in [0, 0.1) is 24.3 Å². The Morgan fingerprint density at radius 1 is 0.762 bits per heavy atom. The van der Waals surface area contributed by atoms with E-state index in [9.17, 15) is 0 Å². The molecule has 0 fully saturated rings. The zero-order chi connectivity index (χ0) is 31.0. The molecule has 0 spiro atoms. The van der Waals surface area contributed by atoms with Crippen LogP contribution in [0.2, 0.25) is 0 Å². The summed E-state index contributed by atoms with van der Waals surface area (Å²) >= 11 is 1.30. The number of benzene rings is 4. The van der Waals surface area contributed by atoms with Crippen molar-refractivity contribution in [2.24, 2.45) is 0 Å². The van der Waals surface area contributed by atoms with Gasteiger partial charge in [-0.15, -0.1) is 12.0 Å². The van der Waals surface area contributed by atoms with E-state index in [2.05, 4.69) is 125 Å². The van der Waals surface area contributed by atoms with Crippen LogP contribution in [0.5, 0.6) is 0 Å². The summed E-state index contributed by atoms with van der Waals surface area (Å²) in [6.07, 6.45) is 12.1. The van der Waals surface area contributed by atoms with E-state index >= 15 is 0 Å². The van der Waals surface area contributed by atoms with Crippen molar-refractivity contribution in [1.82, 2.24) is 0 Å². The molecule has 1 heteroatoms. The van der Waals surface area contributed by atoms with Crippen molar-refractivity contribution in [2.75, 3.05) is 0 Å². The molecule has 0 saturated carbocycles. The number of rotatable bonds is 1. The van der Waals surface area contributed by atoms with Gasteiger partial charge in [-0.1, -0.05) is 89.6 Å². The van der Waals surface area contributed by atoms with Crippen molar-refractivity contribution in [3.8, 4) is 11.1 Å². The maximum atomic E-state index is 3.53. The Morgan fingerprint density at radius 2 is 1.38 bits per heavy atom. The van der Waals surface area contributed by atoms with Gasteiger partial charge in [0.1, 0.15) is 0 Å². The first-order valence-corrected chi connectivity index (χ1v) is 16.5. The van der Waals surface area contributed by atoms with E-state index in [1.807, 2.05) is 54.6 Å². The third kappa shape index (κ3) is 11.8. The summed E-state index contributed by atoms with van der Waals surface area (Å²) in [5, 5.41) is 0.